The van der Waals surface area contributed by atoms with Gasteiger partial charge >= 0.3 is 6.01 Å². The molecule has 0 spiro atoms. The molecule has 0 aliphatic rings. The number of anilines is 1. The molecule has 0 saturated carbocycles. The minimum atomic E-state index is -0.648. The number of aromatic amines is 1. The molecule has 1 aromatic carbocycles. The van der Waals surface area contributed by atoms with E-state index in [1.165, 1.54) is 6.21 Å². The summed E-state index contributed by atoms with van der Waals surface area (Å²) in [6, 6.07) is 7.41. The first-order chi connectivity index (χ1) is 12.2. The summed E-state index contributed by atoms with van der Waals surface area (Å²) in [4.78, 5) is 14.6. The van der Waals surface area contributed by atoms with Crippen molar-refractivity contribution in [3.05, 3.63) is 60.1 Å². The van der Waals surface area contributed by atoms with Crippen molar-refractivity contribution in [3.63, 3.8) is 0 Å². The molecular formula is C16H15FN6O2. The van der Waals surface area contributed by atoms with Gasteiger partial charge in [0, 0.05) is 12.4 Å². The number of benzene rings is 1. The molecule has 3 aromatic rings. The lowest BCUT2D eigenvalue weighted by molar-refractivity contribution is 0.279. The summed E-state index contributed by atoms with van der Waals surface area (Å²) in [6.45, 7) is 0.220. The lowest BCUT2D eigenvalue weighted by Gasteiger charge is -2.07. The number of halogens is 1. The van der Waals surface area contributed by atoms with Crippen molar-refractivity contribution >= 4 is 12.0 Å². The van der Waals surface area contributed by atoms with Crippen LogP contribution in [0.1, 0.15) is 11.4 Å². The van der Waals surface area contributed by atoms with Crippen molar-refractivity contribution in [1.82, 2.24) is 19.9 Å². The average molecular weight is 342 g/mol. The molecule has 0 aliphatic carbocycles. The first-order valence-electron chi connectivity index (χ1n) is 7.31. The smallest absolute Gasteiger partial charge is 0.318 e. The van der Waals surface area contributed by atoms with E-state index in [1.807, 2.05) is 24.3 Å². The van der Waals surface area contributed by atoms with Gasteiger partial charge in [-0.15, -0.1) is 0 Å². The Morgan fingerprint density at radius 3 is 3.08 bits per heavy atom. The van der Waals surface area contributed by atoms with E-state index >= 15 is 0 Å². The molecule has 2 N–H and O–H groups in total. The Kier molecular flexibility index (Phi) is 5.15. The number of rotatable bonds is 7. The van der Waals surface area contributed by atoms with Crippen LogP contribution < -0.4 is 14.9 Å². The van der Waals surface area contributed by atoms with Gasteiger partial charge in [0.25, 0.3) is 0 Å². The molecule has 0 saturated heterocycles. The van der Waals surface area contributed by atoms with Crippen molar-refractivity contribution in [1.29, 1.82) is 0 Å². The molecule has 25 heavy (non-hydrogen) atoms. The summed E-state index contributed by atoms with van der Waals surface area (Å²) < 4.78 is 24.4. The molecule has 0 unspecified atom stereocenters. The Labute approximate surface area is 142 Å². The van der Waals surface area contributed by atoms with Gasteiger partial charge in [0.15, 0.2) is 11.6 Å². The van der Waals surface area contributed by atoms with E-state index in [-0.39, 0.29) is 18.4 Å². The van der Waals surface area contributed by atoms with Gasteiger partial charge in [-0.3, -0.25) is 5.43 Å². The maximum atomic E-state index is 13.7. The van der Waals surface area contributed by atoms with Gasteiger partial charge in [0.1, 0.15) is 18.2 Å². The summed E-state index contributed by atoms with van der Waals surface area (Å²) >= 11 is 0. The molecule has 0 amide bonds. The van der Waals surface area contributed by atoms with E-state index in [9.17, 15) is 4.39 Å². The Balaban J connectivity index is 1.64. The zero-order valence-corrected chi connectivity index (χ0v) is 13.3. The number of H-pyrrole nitrogens is 1. The number of hydrazone groups is 1. The molecule has 0 atom stereocenters. The first kappa shape index (κ1) is 16.4. The summed E-state index contributed by atoms with van der Waals surface area (Å²) in [6.07, 6.45) is 5.64. The summed E-state index contributed by atoms with van der Waals surface area (Å²) in [5, 5.41) is 3.86. The Morgan fingerprint density at radius 1 is 1.36 bits per heavy atom. The van der Waals surface area contributed by atoms with Crippen LogP contribution in [-0.2, 0) is 6.61 Å². The van der Waals surface area contributed by atoms with Crippen LogP contribution in [0, 0.1) is 5.82 Å². The highest BCUT2D eigenvalue weighted by molar-refractivity contribution is 5.74. The maximum Gasteiger partial charge on any atom is 0.318 e. The van der Waals surface area contributed by atoms with Gasteiger partial charge in [-0.2, -0.15) is 10.1 Å². The van der Waals surface area contributed by atoms with E-state index in [0.29, 0.717) is 5.82 Å². The first-order valence-corrected chi connectivity index (χ1v) is 7.31. The van der Waals surface area contributed by atoms with Crippen LogP contribution in [0.15, 0.2) is 48.0 Å². The van der Waals surface area contributed by atoms with Crippen molar-refractivity contribution in [2.75, 3.05) is 12.5 Å². The lowest BCUT2D eigenvalue weighted by atomic mass is 10.2. The van der Waals surface area contributed by atoms with E-state index in [1.54, 1.807) is 19.5 Å². The van der Waals surface area contributed by atoms with Gasteiger partial charge in [-0.25, -0.2) is 14.4 Å². The molecule has 0 fully saturated rings. The molecule has 3 rings (SSSR count). The Morgan fingerprint density at radius 2 is 2.28 bits per heavy atom. The van der Waals surface area contributed by atoms with Gasteiger partial charge in [0.05, 0.1) is 19.5 Å². The number of ether oxygens (including phenoxy) is 2. The van der Waals surface area contributed by atoms with Crippen LogP contribution in [0.3, 0.4) is 0 Å². The number of hydrogen-bond donors (Lipinski definition) is 2. The van der Waals surface area contributed by atoms with Crippen molar-refractivity contribution in [2.45, 2.75) is 6.61 Å². The van der Waals surface area contributed by atoms with Crippen LogP contribution in [0.4, 0.5) is 10.2 Å². The summed E-state index contributed by atoms with van der Waals surface area (Å²) in [5.74, 6) is 0.496. The lowest BCUT2D eigenvalue weighted by Crippen LogP contribution is -2.04. The van der Waals surface area contributed by atoms with E-state index < -0.39 is 5.82 Å². The second-order valence-corrected chi connectivity index (χ2v) is 4.83. The zero-order chi connectivity index (χ0) is 17.5. The quantitative estimate of drug-likeness (QED) is 0.505. The largest absolute Gasteiger partial charge is 0.497 e. The number of methoxy groups -OCH3 is 1. The van der Waals surface area contributed by atoms with Gasteiger partial charge in [-0.1, -0.05) is 12.1 Å². The Hall–Kier alpha value is -3.49. The third kappa shape index (κ3) is 4.50. The molecule has 0 aliphatic heterocycles. The topological polar surface area (TPSA) is 97.3 Å². The van der Waals surface area contributed by atoms with E-state index in [4.69, 9.17) is 9.47 Å². The third-order valence-electron chi connectivity index (χ3n) is 3.10. The van der Waals surface area contributed by atoms with Crippen molar-refractivity contribution in [3.8, 4) is 11.8 Å². The van der Waals surface area contributed by atoms with E-state index in [2.05, 4.69) is 30.5 Å². The van der Waals surface area contributed by atoms with Crippen molar-refractivity contribution in [2.24, 2.45) is 5.10 Å². The predicted molar refractivity (Wildman–Crippen MR) is 89.1 cm³/mol. The van der Waals surface area contributed by atoms with Crippen molar-refractivity contribution < 1.29 is 13.9 Å². The number of nitrogens with one attached hydrogen (secondary N) is 2. The molecule has 8 nitrogen and oxygen atoms in total. The standard InChI is InChI=1S/C16H15FN6O2/c1-24-12-4-2-3-11(7-12)10-25-16-20-8-13(17)15(22-16)23-21-9-14-18-5-6-19-14/h2-9H,10H2,1H3,(H,18,19)(H,20,22,23)/b21-9-. The molecule has 2 aromatic heterocycles. The third-order valence-corrected chi connectivity index (χ3v) is 3.10. The fraction of sp³-hybridized carbons (Fsp3) is 0.125. The zero-order valence-electron chi connectivity index (χ0n) is 13.3. The van der Waals surface area contributed by atoms with Crippen LogP contribution in [0.2, 0.25) is 0 Å². The van der Waals surface area contributed by atoms with Gasteiger partial charge in [-0.05, 0) is 17.7 Å². The molecular weight excluding hydrogens is 327 g/mol. The highest BCUT2D eigenvalue weighted by Gasteiger charge is 2.08. The number of aromatic nitrogens is 4. The fourth-order valence-electron chi connectivity index (χ4n) is 1.91. The highest BCUT2D eigenvalue weighted by atomic mass is 19.1. The van der Waals surface area contributed by atoms with Crippen LogP contribution in [0.5, 0.6) is 11.8 Å². The monoisotopic (exact) mass is 342 g/mol. The molecule has 2 heterocycles. The summed E-state index contributed by atoms with van der Waals surface area (Å²) in [5.41, 5.74) is 3.36. The Bertz CT molecular complexity index is 854. The van der Waals surface area contributed by atoms with Gasteiger partial charge < -0.3 is 14.5 Å². The van der Waals surface area contributed by atoms with Crippen LogP contribution >= 0.6 is 0 Å². The number of nitrogens with zero attached hydrogens (tertiary/aromatic N) is 4. The second-order valence-electron chi connectivity index (χ2n) is 4.83. The fourth-order valence-corrected chi connectivity index (χ4v) is 1.91. The molecule has 0 radical (unpaired) electrons. The molecule has 9 heteroatoms. The number of hydrogen-bond acceptors (Lipinski definition) is 7. The maximum absolute atomic E-state index is 13.7. The number of imidazole rings is 1. The normalized spacial score (nSPS) is 10.8. The summed E-state index contributed by atoms with van der Waals surface area (Å²) in [7, 11) is 1.59. The molecule has 0 bridgehead atoms. The molecule has 128 valence electrons. The van der Waals surface area contributed by atoms with Crippen LogP contribution in [-0.4, -0.2) is 33.3 Å². The minimum absolute atomic E-state index is 0.0277. The van der Waals surface area contributed by atoms with Gasteiger partial charge in [0.2, 0.25) is 0 Å². The average Bonchev–Trinajstić information content (AvgIpc) is 3.16. The second kappa shape index (κ2) is 7.86. The van der Waals surface area contributed by atoms with Crippen LogP contribution in [0.25, 0.3) is 0 Å². The van der Waals surface area contributed by atoms with E-state index in [0.717, 1.165) is 17.5 Å². The predicted octanol–water partition coefficient (Wildman–Crippen LogP) is 2.37. The highest BCUT2D eigenvalue weighted by Crippen LogP contribution is 2.16. The minimum Gasteiger partial charge on any atom is -0.497 e. The SMILES string of the molecule is COc1cccc(COc2ncc(F)c(N/N=C\c3ncc[nH]3)n2)c1.